The molecule has 31 heavy (non-hydrogen) atoms. The number of nitrogens with zero attached hydrogens (tertiary/aromatic N) is 4. The number of hydrogen-bond acceptors (Lipinski definition) is 11. The van der Waals surface area contributed by atoms with Gasteiger partial charge in [0.15, 0.2) is 10.8 Å². The van der Waals surface area contributed by atoms with Crippen molar-refractivity contribution >= 4 is 64.0 Å². The van der Waals surface area contributed by atoms with E-state index in [9.17, 15) is 24.3 Å². The summed E-state index contributed by atoms with van der Waals surface area (Å²) in [4.78, 5) is 57.6. The van der Waals surface area contributed by atoms with Crippen LogP contribution in [0.1, 0.15) is 5.69 Å². The SMILES string of the molecule is CON=C(C(=O)NC1C(=O)N2C(C(=O)O)=C(C=NNC(N)=O)SCC12)c1csc(N)n1. The highest BCUT2D eigenvalue weighted by Gasteiger charge is 2.54. The average molecular weight is 468 g/mol. The number of primary amides is 1. The zero-order valence-electron chi connectivity index (χ0n) is 15.8. The normalized spacial score (nSPS) is 20.9. The van der Waals surface area contributed by atoms with Gasteiger partial charge in [0.2, 0.25) is 0 Å². The van der Waals surface area contributed by atoms with E-state index >= 15 is 0 Å². The highest BCUT2D eigenvalue weighted by Crippen LogP contribution is 2.38. The first-order chi connectivity index (χ1) is 14.7. The lowest BCUT2D eigenvalue weighted by Crippen LogP contribution is -2.73. The monoisotopic (exact) mass is 468 g/mol. The second-order valence-electron chi connectivity index (χ2n) is 5.98. The van der Waals surface area contributed by atoms with Crippen LogP contribution in [0.3, 0.4) is 0 Å². The number of nitrogens with one attached hydrogen (secondary N) is 2. The van der Waals surface area contributed by atoms with Crippen LogP contribution in [0.4, 0.5) is 9.93 Å². The number of carbonyl (C=O) groups is 4. The maximum Gasteiger partial charge on any atom is 0.353 e. The first-order valence-corrected chi connectivity index (χ1v) is 10.3. The van der Waals surface area contributed by atoms with Crippen molar-refractivity contribution in [2.45, 2.75) is 12.1 Å². The summed E-state index contributed by atoms with van der Waals surface area (Å²) in [5.41, 5.74) is 12.1. The highest BCUT2D eigenvalue weighted by molar-refractivity contribution is 8.04. The largest absolute Gasteiger partial charge is 0.477 e. The van der Waals surface area contributed by atoms with Crippen molar-refractivity contribution in [2.75, 3.05) is 18.6 Å². The van der Waals surface area contributed by atoms with Crippen LogP contribution in [0.25, 0.3) is 0 Å². The van der Waals surface area contributed by atoms with Crippen LogP contribution in [0, 0.1) is 0 Å². The molecule has 7 N–H and O–H groups in total. The van der Waals surface area contributed by atoms with Crippen molar-refractivity contribution in [2.24, 2.45) is 16.0 Å². The predicted molar refractivity (Wildman–Crippen MR) is 111 cm³/mol. The topological polar surface area (TPSA) is 215 Å². The molecule has 16 heteroatoms. The third-order valence-corrected chi connectivity index (χ3v) is 5.90. The van der Waals surface area contributed by atoms with Crippen molar-refractivity contribution in [3.05, 3.63) is 21.7 Å². The van der Waals surface area contributed by atoms with E-state index in [1.807, 2.05) is 5.43 Å². The summed E-state index contributed by atoms with van der Waals surface area (Å²) >= 11 is 2.19. The van der Waals surface area contributed by atoms with Gasteiger partial charge in [0.05, 0.1) is 17.2 Å². The number of aliphatic carboxylic acids is 1. The third-order valence-electron chi connectivity index (χ3n) is 4.11. The Labute approximate surface area is 182 Å². The van der Waals surface area contributed by atoms with Crippen molar-refractivity contribution < 1.29 is 29.1 Å². The minimum Gasteiger partial charge on any atom is -0.477 e. The molecule has 0 saturated carbocycles. The van der Waals surface area contributed by atoms with Crippen LogP contribution in [-0.2, 0) is 19.2 Å². The number of aromatic nitrogens is 1. The number of rotatable bonds is 7. The van der Waals surface area contributed by atoms with Gasteiger partial charge in [-0.2, -0.15) is 5.10 Å². The minimum absolute atomic E-state index is 0.148. The molecule has 4 amide bonds. The summed E-state index contributed by atoms with van der Waals surface area (Å²) in [7, 11) is 1.25. The van der Waals surface area contributed by atoms with Crippen molar-refractivity contribution in [3.63, 3.8) is 0 Å². The average Bonchev–Trinajstić information content (AvgIpc) is 3.14. The molecule has 0 bridgehead atoms. The molecular weight excluding hydrogens is 452 g/mol. The van der Waals surface area contributed by atoms with Crippen LogP contribution in [0.15, 0.2) is 26.2 Å². The lowest BCUT2D eigenvalue weighted by Gasteiger charge is -2.49. The second kappa shape index (κ2) is 9.00. The van der Waals surface area contributed by atoms with E-state index in [-0.39, 0.29) is 32.9 Å². The van der Waals surface area contributed by atoms with E-state index in [4.69, 9.17) is 11.5 Å². The van der Waals surface area contributed by atoms with Crippen molar-refractivity contribution in [1.29, 1.82) is 0 Å². The lowest BCUT2D eigenvalue weighted by molar-refractivity contribution is -0.153. The molecule has 2 unspecified atom stereocenters. The molecule has 0 aromatic carbocycles. The van der Waals surface area contributed by atoms with Gasteiger partial charge in [0, 0.05) is 11.1 Å². The lowest BCUT2D eigenvalue weighted by atomic mass is 9.94. The number of nitrogens with two attached hydrogens (primary N) is 2. The molecule has 14 nitrogen and oxygen atoms in total. The fraction of sp³-hybridized carbons (Fsp3) is 0.267. The maximum atomic E-state index is 12.7. The summed E-state index contributed by atoms with van der Waals surface area (Å²) in [5, 5.41) is 21.0. The summed E-state index contributed by atoms with van der Waals surface area (Å²) in [6, 6.07) is -2.52. The molecule has 3 rings (SSSR count). The van der Waals surface area contributed by atoms with Gasteiger partial charge >= 0.3 is 12.0 Å². The Balaban J connectivity index is 1.78. The number of β-lactam (4-membered cyclic amide) rings is 1. The molecule has 0 aliphatic carbocycles. The Kier molecular flexibility index (Phi) is 6.40. The molecule has 0 spiro atoms. The second-order valence-corrected chi connectivity index (χ2v) is 7.93. The Hall–Kier alpha value is -3.66. The summed E-state index contributed by atoms with van der Waals surface area (Å²) < 4.78 is 0. The first kappa shape index (κ1) is 22.0. The molecule has 1 aromatic heterocycles. The van der Waals surface area contributed by atoms with E-state index in [1.165, 1.54) is 12.5 Å². The molecule has 1 aromatic rings. The van der Waals surface area contributed by atoms with E-state index < -0.39 is 35.9 Å². The van der Waals surface area contributed by atoms with E-state index in [0.29, 0.717) is 0 Å². The van der Waals surface area contributed by atoms with Crippen LogP contribution in [-0.4, -0.2) is 75.7 Å². The Morgan fingerprint density at radius 3 is 2.77 bits per heavy atom. The first-order valence-electron chi connectivity index (χ1n) is 8.40. The summed E-state index contributed by atoms with van der Waals surface area (Å²) in [5.74, 6) is -2.45. The number of thiazole rings is 1. The number of fused-ring (bicyclic) bond motifs is 1. The number of carbonyl (C=O) groups excluding carboxylic acids is 3. The number of carboxylic acids is 1. The third kappa shape index (κ3) is 4.43. The molecule has 2 aliphatic heterocycles. The molecule has 0 radical (unpaired) electrons. The van der Waals surface area contributed by atoms with Gasteiger partial charge in [-0.05, 0) is 0 Å². The number of amides is 4. The number of nitrogen functional groups attached to an aromatic ring is 1. The molecule has 2 aliphatic rings. The molecule has 164 valence electrons. The van der Waals surface area contributed by atoms with Gasteiger partial charge in [-0.3, -0.25) is 14.5 Å². The number of carboxylic acid groups (broad SMARTS) is 1. The number of oxime groups is 1. The Bertz CT molecular complexity index is 1030. The molecule has 3 heterocycles. The maximum absolute atomic E-state index is 12.7. The zero-order chi connectivity index (χ0) is 22.7. The van der Waals surface area contributed by atoms with Gasteiger partial charge in [-0.25, -0.2) is 20.0 Å². The van der Waals surface area contributed by atoms with Gasteiger partial charge in [0.1, 0.15) is 24.5 Å². The molecular formula is C15H16N8O6S2. The summed E-state index contributed by atoms with van der Waals surface area (Å²) in [6.45, 7) is 0. The minimum atomic E-state index is -1.37. The number of urea groups is 1. The zero-order valence-corrected chi connectivity index (χ0v) is 17.4. The Morgan fingerprint density at radius 2 is 2.19 bits per heavy atom. The molecule has 1 fully saturated rings. The van der Waals surface area contributed by atoms with Gasteiger partial charge in [-0.1, -0.05) is 5.16 Å². The predicted octanol–water partition coefficient (Wildman–Crippen LogP) is -1.53. The van der Waals surface area contributed by atoms with E-state index in [2.05, 4.69) is 25.4 Å². The number of anilines is 1. The summed E-state index contributed by atoms with van der Waals surface area (Å²) in [6.07, 6.45) is 1.09. The number of allylic oxidation sites excluding steroid dienone is 1. The number of hydrazone groups is 1. The van der Waals surface area contributed by atoms with Gasteiger partial charge in [-0.15, -0.1) is 23.1 Å². The molecule has 2 atom stereocenters. The fourth-order valence-electron chi connectivity index (χ4n) is 2.87. The van der Waals surface area contributed by atoms with Crippen molar-refractivity contribution in [1.82, 2.24) is 20.6 Å². The molecule has 1 saturated heterocycles. The van der Waals surface area contributed by atoms with Crippen LogP contribution < -0.4 is 22.2 Å². The van der Waals surface area contributed by atoms with Crippen LogP contribution >= 0.6 is 23.1 Å². The number of thioether (sulfide) groups is 1. The van der Waals surface area contributed by atoms with Crippen LogP contribution in [0.5, 0.6) is 0 Å². The van der Waals surface area contributed by atoms with E-state index in [0.717, 1.165) is 34.2 Å². The van der Waals surface area contributed by atoms with Gasteiger partial charge < -0.3 is 26.7 Å². The van der Waals surface area contributed by atoms with Crippen LogP contribution in [0.2, 0.25) is 0 Å². The Morgan fingerprint density at radius 1 is 1.45 bits per heavy atom. The van der Waals surface area contributed by atoms with Gasteiger partial charge in [0.25, 0.3) is 11.8 Å². The van der Waals surface area contributed by atoms with Crippen molar-refractivity contribution in [3.8, 4) is 0 Å². The smallest absolute Gasteiger partial charge is 0.353 e. The van der Waals surface area contributed by atoms with E-state index in [1.54, 1.807) is 0 Å². The quantitative estimate of drug-likeness (QED) is 0.178. The highest BCUT2D eigenvalue weighted by atomic mass is 32.2. The number of hydrogen-bond donors (Lipinski definition) is 5. The standard InChI is InChI=1S/C15H16N8O6S2/c1-29-22-8(5-3-31-15(17)19-5)11(24)20-9-6-4-30-7(2-18-21-14(16)28)10(13(26)27)23(6)12(9)25/h2-3,6,9H,4H2,1H3,(H2,17,19)(H,20,24)(H,26,27)(H3,16,21,28). The fourth-order valence-corrected chi connectivity index (χ4v) is 4.56.